The van der Waals surface area contributed by atoms with Gasteiger partial charge >= 0.3 is 0 Å². The molecule has 0 saturated heterocycles. The largest absolute Gasteiger partial charge is 0.393 e. The van der Waals surface area contributed by atoms with E-state index < -0.39 is 0 Å². The fourth-order valence-electron chi connectivity index (χ4n) is 2.34. The molecule has 0 aromatic carbocycles. The van der Waals surface area contributed by atoms with Crippen molar-refractivity contribution in [1.29, 1.82) is 0 Å². The van der Waals surface area contributed by atoms with Crippen molar-refractivity contribution < 1.29 is 23.4 Å². The van der Waals surface area contributed by atoms with Gasteiger partial charge in [0.1, 0.15) is 0 Å². The summed E-state index contributed by atoms with van der Waals surface area (Å²) in [5.74, 6) is 0.624. The van der Waals surface area contributed by atoms with Gasteiger partial charge in [-0.05, 0) is 43.4 Å². The Balaban J connectivity index is 1.99. The van der Waals surface area contributed by atoms with Gasteiger partial charge in [0, 0.05) is 23.2 Å². The summed E-state index contributed by atoms with van der Waals surface area (Å²) >= 11 is 0. The van der Waals surface area contributed by atoms with Crippen LogP contribution in [-0.4, -0.2) is 44.7 Å². The minimum absolute atomic E-state index is 0.0650. The van der Waals surface area contributed by atoms with Crippen LogP contribution in [0.1, 0.15) is 39.0 Å². The van der Waals surface area contributed by atoms with Crippen molar-refractivity contribution in [2.75, 3.05) is 33.5 Å². The Morgan fingerprint density at radius 3 is 2.48 bits per heavy atom. The lowest BCUT2D eigenvalue weighted by Crippen LogP contribution is -2.19. The summed E-state index contributed by atoms with van der Waals surface area (Å²) in [5.41, 5.74) is 0.345. The molecule has 4 unspecified atom stereocenters. The molecule has 1 aliphatic rings. The first-order chi connectivity index (χ1) is 10.1. The average Bonchev–Trinajstić information content (AvgIpc) is 3.27. The Morgan fingerprint density at radius 2 is 1.86 bits per heavy atom. The van der Waals surface area contributed by atoms with Gasteiger partial charge in [0.25, 0.3) is 0 Å². The van der Waals surface area contributed by atoms with Gasteiger partial charge in [-0.3, -0.25) is 0 Å². The highest BCUT2D eigenvalue weighted by Gasteiger charge is 2.47. The van der Waals surface area contributed by atoms with Gasteiger partial charge in [0.05, 0.1) is 25.9 Å². The lowest BCUT2D eigenvalue weighted by Gasteiger charge is -2.22. The first-order valence-corrected chi connectivity index (χ1v) is 8.90. The second kappa shape index (κ2) is 11.2. The molecule has 7 heteroatoms. The van der Waals surface area contributed by atoms with Crippen LogP contribution in [0.2, 0.25) is 0 Å². The van der Waals surface area contributed by atoms with Crippen LogP contribution < -0.4 is 0 Å². The van der Waals surface area contributed by atoms with Crippen LogP contribution >= 0.6 is 18.5 Å². The topological polar surface area (TPSA) is 57.2 Å². The molecule has 1 fully saturated rings. The third-order valence-corrected chi connectivity index (χ3v) is 5.11. The fourth-order valence-corrected chi connectivity index (χ4v) is 3.11. The Kier molecular flexibility index (Phi) is 10.5. The van der Waals surface area contributed by atoms with Crippen molar-refractivity contribution in [3.8, 4) is 0 Å². The number of methoxy groups -OCH3 is 1. The normalized spacial score (nSPS) is 20.0. The Hall–Kier alpha value is 0.660. The van der Waals surface area contributed by atoms with Gasteiger partial charge in [-0.1, -0.05) is 6.92 Å². The van der Waals surface area contributed by atoms with E-state index in [1.165, 1.54) is 12.8 Å². The molecule has 0 aromatic rings. The lowest BCUT2D eigenvalue weighted by molar-refractivity contribution is 0.0905. The SMILES string of the molecule is COCCC(O)CCOPOCC1(C(C)CCOP)CC1. The molecule has 1 rings (SSSR count). The second-order valence-corrected chi connectivity index (χ2v) is 6.94. The molecular weight excluding hydrogens is 310 g/mol. The molecule has 4 atom stereocenters. The molecule has 0 heterocycles. The first-order valence-electron chi connectivity index (χ1n) is 7.62. The zero-order valence-electron chi connectivity index (χ0n) is 13.2. The van der Waals surface area contributed by atoms with E-state index in [2.05, 4.69) is 16.4 Å². The molecule has 1 N–H and O–H groups in total. The molecule has 126 valence electrons. The van der Waals surface area contributed by atoms with Crippen LogP contribution in [0.25, 0.3) is 0 Å². The Morgan fingerprint density at radius 1 is 1.14 bits per heavy atom. The van der Waals surface area contributed by atoms with Crippen LogP contribution in [0, 0.1) is 11.3 Å². The van der Waals surface area contributed by atoms with Gasteiger partial charge < -0.3 is 23.4 Å². The summed E-state index contributed by atoms with van der Waals surface area (Å²) < 4.78 is 21.1. The van der Waals surface area contributed by atoms with Gasteiger partial charge in [0.2, 0.25) is 0 Å². The van der Waals surface area contributed by atoms with E-state index in [-0.39, 0.29) is 15.1 Å². The van der Waals surface area contributed by atoms with Gasteiger partial charge in [-0.25, -0.2) is 0 Å². The van der Waals surface area contributed by atoms with E-state index in [0.717, 1.165) is 19.6 Å². The standard InChI is InChI=1S/C14H30O5P2/c1-12(3-9-17-20)14(6-7-14)11-19-21-18-10-5-13(15)4-8-16-2/h12-13,15,21H,3-11,20H2,1-2H3. The van der Waals surface area contributed by atoms with Crippen LogP contribution in [0.3, 0.4) is 0 Å². The monoisotopic (exact) mass is 340 g/mol. The predicted octanol–water partition coefficient (Wildman–Crippen LogP) is 2.93. The van der Waals surface area contributed by atoms with Gasteiger partial charge in [-0.2, -0.15) is 0 Å². The average molecular weight is 340 g/mol. The summed E-state index contributed by atoms with van der Waals surface area (Å²) in [7, 11) is 4.01. The van der Waals surface area contributed by atoms with Crippen molar-refractivity contribution in [3.05, 3.63) is 0 Å². The number of aliphatic hydroxyl groups excluding tert-OH is 1. The Labute approximate surface area is 132 Å². The van der Waals surface area contributed by atoms with Crippen LogP contribution in [0.15, 0.2) is 0 Å². The highest BCUT2D eigenvalue weighted by atomic mass is 31.1. The highest BCUT2D eigenvalue weighted by Crippen LogP contribution is 2.54. The predicted molar refractivity (Wildman–Crippen MR) is 88.4 cm³/mol. The van der Waals surface area contributed by atoms with Crippen LogP contribution in [0.4, 0.5) is 0 Å². The molecule has 5 nitrogen and oxygen atoms in total. The van der Waals surface area contributed by atoms with E-state index in [0.29, 0.717) is 37.4 Å². The highest BCUT2D eigenvalue weighted by molar-refractivity contribution is 7.26. The van der Waals surface area contributed by atoms with Crippen molar-refractivity contribution in [2.45, 2.75) is 45.1 Å². The third-order valence-electron chi connectivity index (χ3n) is 4.29. The third kappa shape index (κ3) is 8.18. The fraction of sp³-hybridized carbons (Fsp3) is 1.00. The lowest BCUT2D eigenvalue weighted by atomic mass is 9.89. The summed E-state index contributed by atoms with van der Waals surface area (Å²) in [5, 5.41) is 9.62. The molecule has 0 radical (unpaired) electrons. The maximum absolute atomic E-state index is 9.62. The molecule has 0 bridgehead atoms. The summed E-state index contributed by atoms with van der Waals surface area (Å²) in [6.07, 6.45) is 4.49. The van der Waals surface area contributed by atoms with Gasteiger partial charge in [-0.15, -0.1) is 0 Å². The number of ether oxygens (including phenoxy) is 1. The van der Waals surface area contributed by atoms with E-state index in [9.17, 15) is 5.11 Å². The summed E-state index contributed by atoms with van der Waals surface area (Å²) in [4.78, 5) is 0. The van der Waals surface area contributed by atoms with E-state index in [4.69, 9.17) is 18.3 Å². The molecule has 1 saturated carbocycles. The van der Waals surface area contributed by atoms with E-state index in [1.807, 2.05) is 0 Å². The number of aliphatic hydroxyl groups is 1. The molecule has 0 spiro atoms. The minimum Gasteiger partial charge on any atom is -0.393 e. The molecule has 1 aliphatic carbocycles. The van der Waals surface area contributed by atoms with Crippen molar-refractivity contribution in [3.63, 3.8) is 0 Å². The van der Waals surface area contributed by atoms with Crippen molar-refractivity contribution in [1.82, 2.24) is 0 Å². The van der Waals surface area contributed by atoms with Crippen molar-refractivity contribution >= 4 is 18.5 Å². The number of rotatable bonds is 14. The molecule has 0 aromatic heterocycles. The quantitative estimate of drug-likeness (QED) is 0.389. The van der Waals surface area contributed by atoms with Crippen LogP contribution in [0.5, 0.6) is 0 Å². The minimum atomic E-state index is -0.350. The Bertz CT molecular complexity index is 264. The van der Waals surface area contributed by atoms with Gasteiger partial charge in [0.15, 0.2) is 9.03 Å². The van der Waals surface area contributed by atoms with Crippen molar-refractivity contribution in [2.24, 2.45) is 11.3 Å². The van der Waals surface area contributed by atoms with E-state index in [1.54, 1.807) is 7.11 Å². The van der Waals surface area contributed by atoms with Crippen LogP contribution in [-0.2, 0) is 18.3 Å². The maximum Gasteiger partial charge on any atom is 0.155 e. The zero-order chi connectivity index (χ0) is 15.6. The number of hydrogen-bond donors (Lipinski definition) is 1. The summed E-state index contributed by atoms with van der Waals surface area (Å²) in [6.45, 7) is 4.95. The zero-order valence-corrected chi connectivity index (χ0v) is 15.3. The molecular formula is C14H30O5P2. The van der Waals surface area contributed by atoms with E-state index >= 15 is 0 Å². The summed E-state index contributed by atoms with van der Waals surface area (Å²) in [6, 6.07) is 0. The molecule has 0 amide bonds. The maximum atomic E-state index is 9.62. The smallest absolute Gasteiger partial charge is 0.155 e. The first kappa shape index (κ1) is 19.7. The molecule has 21 heavy (non-hydrogen) atoms. The second-order valence-electron chi connectivity index (χ2n) is 5.87. The number of hydrogen-bond acceptors (Lipinski definition) is 5. The molecule has 0 aliphatic heterocycles.